The van der Waals surface area contributed by atoms with Gasteiger partial charge in [0.05, 0.1) is 37.3 Å². The van der Waals surface area contributed by atoms with Gasteiger partial charge in [-0.1, -0.05) is 12.1 Å². The third kappa shape index (κ3) is 5.24. The molecule has 0 aliphatic carbocycles. The van der Waals surface area contributed by atoms with E-state index in [-0.39, 0.29) is 17.6 Å². The summed E-state index contributed by atoms with van der Waals surface area (Å²) in [6.07, 6.45) is 0. The van der Waals surface area contributed by atoms with Gasteiger partial charge in [-0.25, -0.2) is 0 Å². The van der Waals surface area contributed by atoms with E-state index in [2.05, 4.69) is 5.32 Å². The summed E-state index contributed by atoms with van der Waals surface area (Å²) in [6, 6.07) is 14.6. The minimum Gasteiger partial charge on any atom is -0.497 e. The van der Waals surface area contributed by atoms with Crippen LogP contribution >= 0.6 is 11.8 Å². The average molecular weight is 386 g/mol. The number of para-hydroxylation sites is 1. The summed E-state index contributed by atoms with van der Waals surface area (Å²) in [5.41, 5.74) is 1.04. The lowest BCUT2D eigenvalue weighted by molar-refractivity contribution is -0.113. The molecular weight excluding hydrogens is 364 g/mol. The Bertz CT molecular complexity index is 789. The molecule has 2 amide bonds. The summed E-state index contributed by atoms with van der Waals surface area (Å²) >= 11 is 1.43. The first-order valence-corrected chi connectivity index (χ1v) is 9.68. The molecule has 1 heterocycles. The first kappa shape index (κ1) is 19.3. The Morgan fingerprint density at radius 1 is 1.11 bits per heavy atom. The molecule has 1 N–H and O–H groups in total. The van der Waals surface area contributed by atoms with Gasteiger partial charge in [-0.15, -0.1) is 11.8 Å². The van der Waals surface area contributed by atoms with Crippen molar-refractivity contribution in [1.29, 1.82) is 0 Å². The first-order valence-electron chi connectivity index (χ1n) is 8.70. The number of amides is 2. The molecule has 27 heavy (non-hydrogen) atoms. The highest BCUT2D eigenvalue weighted by Gasteiger charge is 2.21. The van der Waals surface area contributed by atoms with Gasteiger partial charge in [0, 0.05) is 18.0 Å². The Morgan fingerprint density at radius 3 is 2.52 bits per heavy atom. The summed E-state index contributed by atoms with van der Waals surface area (Å²) in [5, 5.41) is 2.86. The summed E-state index contributed by atoms with van der Waals surface area (Å²) in [7, 11) is 1.62. The fourth-order valence-electron chi connectivity index (χ4n) is 2.72. The summed E-state index contributed by atoms with van der Waals surface area (Å²) in [5.74, 6) is 0.793. The minimum atomic E-state index is -0.155. The van der Waals surface area contributed by atoms with Crippen LogP contribution in [-0.4, -0.2) is 55.9 Å². The van der Waals surface area contributed by atoms with Crippen LogP contribution in [0.3, 0.4) is 0 Å². The second kappa shape index (κ2) is 9.43. The number of ether oxygens (including phenoxy) is 2. The predicted octanol–water partition coefficient (Wildman–Crippen LogP) is 2.90. The normalized spacial score (nSPS) is 13.9. The van der Waals surface area contributed by atoms with Crippen molar-refractivity contribution in [3.63, 3.8) is 0 Å². The van der Waals surface area contributed by atoms with Crippen molar-refractivity contribution in [3.8, 4) is 5.75 Å². The zero-order valence-electron chi connectivity index (χ0n) is 15.1. The number of hydrogen-bond donors (Lipinski definition) is 1. The molecule has 1 fully saturated rings. The van der Waals surface area contributed by atoms with Crippen LogP contribution < -0.4 is 10.1 Å². The summed E-state index contributed by atoms with van der Waals surface area (Å²) < 4.78 is 10.4. The van der Waals surface area contributed by atoms with Crippen LogP contribution in [0, 0.1) is 0 Å². The first-order chi connectivity index (χ1) is 13.2. The fourth-order valence-corrected chi connectivity index (χ4v) is 3.42. The van der Waals surface area contributed by atoms with Crippen LogP contribution in [0.2, 0.25) is 0 Å². The van der Waals surface area contributed by atoms with E-state index in [4.69, 9.17) is 9.47 Å². The SMILES string of the molecule is COc1ccc(SCC(=O)Nc2ccccc2C(=O)N2CCOCC2)cc1. The van der Waals surface area contributed by atoms with Crippen LogP contribution in [0.4, 0.5) is 5.69 Å². The van der Waals surface area contributed by atoms with Crippen LogP contribution in [0.25, 0.3) is 0 Å². The van der Waals surface area contributed by atoms with Crippen LogP contribution in [-0.2, 0) is 9.53 Å². The summed E-state index contributed by atoms with van der Waals surface area (Å²) in [6.45, 7) is 2.21. The Morgan fingerprint density at radius 2 is 1.81 bits per heavy atom. The molecule has 1 aliphatic rings. The minimum absolute atomic E-state index is 0.0861. The lowest BCUT2D eigenvalue weighted by Crippen LogP contribution is -2.41. The van der Waals surface area contributed by atoms with Crippen molar-refractivity contribution in [1.82, 2.24) is 4.90 Å². The molecule has 0 bridgehead atoms. The molecule has 7 heteroatoms. The molecule has 1 aliphatic heterocycles. The topological polar surface area (TPSA) is 67.9 Å². The van der Waals surface area contributed by atoms with Crippen LogP contribution in [0.5, 0.6) is 5.75 Å². The van der Waals surface area contributed by atoms with Gasteiger partial charge in [0.25, 0.3) is 5.91 Å². The standard InChI is InChI=1S/C20H22N2O4S/c1-25-15-6-8-16(9-7-15)27-14-19(23)21-18-5-3-2-4-17(18)20(24)22-10-12-26-13-11-22/h2-9H,10-14H2,1H3,(H,21,23). The number of carbonyl (C=O) groups is 2. The van der Waals surface area contributed by atoms with Gasteiger partial charge in [-0.05, 0) is 36.4 Å². The van der Waals surface area contributed by atoms with Gasteiger partial charge < -0.3 is 19.7 Å². The molecule has 1 saturated heterocycles. The van der Waals surface area contributed by atoms with E-state index in [0.29, 0.717) is 37.6 Å². The molecule has 0 atom stereocenters. The molecule has 0 radical (unpaired) electrons. The number of rotatable bonds is 6. The Labute approximate surface area is 162 Å². The number of nitrogens with zero attached hydrogens (tertiary/aromatic N) is 1. The van der Waals surface area contributed by atoms with E-state index in [0.717, 1.165) is 10.6 Å². The van der Waals surface area contributed by atoms with Crippen molar-refractivity contribution in [2.45, 2.75) is 4.90 Å². The number of methoxy groups -OCH3 is 1. The van der Waals surface area contributed by atoms with Crippen molar-refractivity contribution < 1.29 is 19.1 Å². The number of thioether (sulfide) groups is 1. The van der Waals surface area contributed by atoms with Gasteiger partial charge >= 0.3 is 0 Å². The number of benzene rings is 2. The van der Waals surface area contributed by atoms with Gasteiger partial charge in [-0.2, -0.15) is 0 Å². The highest BCUT2D eigenvalue weighted by Crippen LogP contribution is 2.22. The third-order valence-corrected chi connectivity index (χ3v) is 5.17. The maximum Gasteiger partial charge on any atom is 0.256 e. The molecule has 2 aromatic rings. The zero-order chi connectivity index (χ0) is 19.1. The highest BCUT2D eigenvalue weighted by atomic mass is 32.2. The second-order valence-corrected chi connectivity index (χ2v) is 7.01. The van der Waals surface area contributed by atoms with Crippen molar-refractivity contribution in [3.05, 3.63) is 54.1 Å². The molecule has 0 aromatic heterocycles. The fraction of sp³-hybridized carbons (Fsp3) is 0.300. The number of anilines is 1. The van der Waals surface area contributed by atoms with E-state index in [1.807, 2.05) is 30.3 Å². The van der Waals surface area contributed by atoms with E-state index in [1.54, 1.807) is 30.2 Å². The molecule has 0 spiro atoms. The highest BCUT2D eigenvalue weighted by molar-refractivity contribution is 8.00. The van der Waals surface area contributed by atoms with E-state index in [9.17, 15) is 9.59 Å². The average Bonchev–Trinajstić information content (AvgIpc) is 2.73. The molecule has 3 rings (SSSR count). The van der Waals surface area contributed by atoms with Gasteiger partial charge in [0.15, 0.2) is 0 Å². The van der Waals surface area contributed by atoms with Gasteiger partial charge in [0.1, 0.15) is 5.75 Å². The number of nitrogens with one attached hydrogen (secondary N) is 1. The molecule has 142 valence electrons. The number of hydrogen-bond acceptors (Lipinski definition) is 5. The molecule has 6 nitrogen and oxygen atoms in total. The maximum absolute atomic E-state index is 12.7. The predicted molar refractivity (Wildman–Crippen MR) is 106 cm³/mol. The van der Waals surface area contributed by atoms with E-state index in [1.165, 1.54) is 11.8 Å². The molecular formula is C20H22N2O4S. The van der Waals surface area contributed by atoms with Crippen molar-refractivity contribution in [2.24, 2.45) is 0 Å². The molecule has 0 saturated carbocycles. The lowest BCUT2D eigenvalue weighted by atomic mass is 10.1. The van der Waals surface area contributed by atoms with Crippen LogP contribution in [0.15, 0.2) is 53.4 Å². The number of carbonyl (C=O) groups excluding carboxylic acids is 2. The summed E-state index contributed by atoms with van der Waals surface area (Å²) in [4.78, 5) is 27.8. The van der Waals surface area contributed by atoms with Gasteiger partial charge in [0.2, 0.25) is 5.91 Å². The smallest absolute Gasteiger partial charge is 0.256 e. The Hall–Kier alpha value is -2.51. The third-order valence-electron chi connectivity index (χ3n) is 4.16. The molecule has 2 aromatic carbocycles. The maximum atomic E-state index is 12.7. The van der Waals surface area contributed by atoms with E-state index >= 15 is 0 Å². The zero-order valence-corrected chi connectivity index (χ0v) is 16.0. The quantitative estimate of drug-likeness (QED) is 0.773. The Balaban J connectivity index is 1.61. The van der Waals surface area contributed by atoms with Crippen LogP contribution in [0.1, 0.15) is 10.4 Å². The lowest BCUT2D eigenvalue weighted by Gasteiger charge is -2.27. The largest absolute Gasteiger partial charge is 0.497 e. The van der Waals surface area contributed by atoms with Crippen molar-refractivity contribution >= 4 is 29.3 Å². The number of morpholine rings is 1. The monoisotopic (exact) mass is 386 g/mol. The van der Waals surface area contributed by atoms with Gasteiger partial charge in [-0.3, -0.25) is 9.59 Å². The Kier molecular flexibility index (Phi) is 6.73. The second-order valence-electron chi connectivity index (χ2n) is 5.96. The van der Waals surface area contributed by atoms with Crippen molar-refractivity contribution in [2.75, 3.05) is 44.5 Å². The molecule has 0 unspecified atom stereocenters. The van der Waals surface area contributed by atoms with E-state index < -0.39 is 0 Å².